The van der Waals surface area contributed by atoms with Crippen molar-refractivity contribution < 1.29 is 14.3 Å². The third kappa shape index (κ3) is 3.43. The molecule has 4 rings (SSSR count). The molecule has 2 heterocycles. The summed E-state index contributed by atoms with van der Waals surface area (Å²) < 4.78 is 5.63. The summed E-state index contributed by atoms with van der Waals surface area (Å²) in [5, 5.41) is 2.94. The first-order chi connectivity index (χ1) is 13.5. The van der Waals surface area contributed by atoms with Crippen LogP contribution in [0.3, 0.4) is 0 Å². The fraction of sp³-hybridized carbons (Fsp3) is 0.286. The molecule has 1 aromatic heterocycles. The van der Waals surface area contributed by atoms with Crippen molar-refractivity contribution in [3.63, 3.8) is 0 Å². The zero-order valence-corrected chi connectivity index (χ0v) is 15.8. The Kier molecular flexibility index (Phi) is 4.73. The highest BCUT2D eigenvalue weighted by Crippen LogP contribution is 2.33. The Bertz CT molecular complexity index is 996. The monoisotopic (exact) mass is 378 g/mol. The molecule has 0 bridgehead atoms. The molecule has 2 atom stereocenters. The van der Waals surface area contributed by atoms with Gasteiger partial charge in [0.25, 0.3) is 5.91 Å². The number of nitrogens with one attached hydrogen (secondary N) is 2. The molecule has 7 nitrogen and oxygen atoms in total. The summed E-state index contributed by atoms with van der Waals surface area (Å²) in [5.74, 6) is 1.08. The van der Waals surface area contributed by atoms with Gasteiger partial charge >= 0.3 is 0 Å². The normalized spacial score (nSPS) is 17.1. The van der Waals surface area contributed by atoms with Crippen LogP contribution in [-0.2, 0) is 9.59 Å². The molecule has 7 heteroatoms. The van der Waals surface area contributed by atoms with Gasteiger partial charge in [-0.2, -0.15) is 0 Å². The number of ether oxygens (including phenoxy) is 1. The number of rotatable bonds is 5. The van der Waals surface area contributed by atoms with Crippen molar-refractivity contribution in [2.75, 3.05) is 11.4 Å². The average molecular weight is 378 g/mol. The molecule has 1 aliphatic rings. The molecule has 0 fully saturated rings. The molecule has 0 aliphatic carbocycles. The first-order valence-corrected chi connectivity index (χ1v) is 9.34. The van der Waals surface area contributed by atoms with Crippen molar-refractivity contribution in [2.24, 2.45) is 0 Å². The van der Waals surface area contributed by atoms with Gasteiger partial charge in [0.1, 0.15) is 11.6 Å². The quantitative estimate of drug-likeness (QED) is 0.715. The van der Waals surface area contributed by atoms with Crippen LogP contribution in [-0.4, -0.2) is 34.4 Å². The van der Waals surface area contributed by atoms with E-state index >= 15 is 0 Å². The summed E-state index contributed by atoms with van der Waals surface area (Å²) in [6, 6.07) is 14.8. The number of nitrogens with zero attached hydrogens (tertiary/aromatic N) is 2. The predicted molar refractivity (Wildman–Crippen MR) is 106 cm³/mol. The van der Waals surface area contributed by atoms with Crippen LogP contribution in [0.4, 0.5) is 5.69 Å². The Morgan fingerprint density at radius 1 is 1.25 bits per heavy atom. The van der Waals surface area contributed by atoms with Gasteiger partial charge in [-0.1, -0.05) is 24.3 Å². The fourth-order valence-electron chi connectivity index (χ4n) is 3.36. The van der Waals surface area contributed by atoms with Gasteiger partial charge in [0.05, 0.1) is 22.8 Å². The minimum atomic E-state index is -0.563. The van der Waals surface area contributed by atoms with Gasteiger partial charge in [0.2, 0.25) is 5.91 Å². The molecule has 3 aromatic rings. The smallest absolute Gasteiger partial charge is 0.267 e. The number of imidazole rings is 1. The fourth-order valence-corrected chi connectivity index (χ4v) is 3.36. The second kappa shape index (κ2) is 7.34. The van der Waals surface area contributed by atoms with Gasteiger partial charge in [-0.3, -0.25) is 9.59 Å². The number of para-hydroxylation sites is 4. The topological polar surface area (TPSA) is 87.3 Å². The first-order valence-electron chi connectivity index (χ1n) is 9.34. The Morgan fingerprint density at radius 2 is 2.00 bits per heavy atom. The van der Waals surface area contributed by atoms with Gasteiger partial charge in [0, 0.05) is 13.0 Å². The predicted octanol–water partition coefficient (Wildman–Crippen LogP) is 2.94. The maximum Gasteiger partial charge on any atom is 0.267 e. The lowest BCUT2D eigenvalue weighted by molar-refractivity contribution is -0.125. The molecule has 2 aromatic carbocycles. The number of hydrogen-bond donors (Lipinski definition) is 2. The third-order valence-electron chi connectivity index (χ3n) is 4.83. The third-order valence-corrected chi connectivity index (χ3v) is 4.83. The van der Waals surface area contributed by atoms with Crippen LogP contribution in [0, 0.1) is 0 Å². The van der Waals surface area contributed by atoms with Crippen LogP contribution >= 0.6 is 0 Å². The molecule has 1 aliphatic heterocycles. The lowest BCUT2D eigenvalue weighted by atomic mass is 10.1. The summed E-state index contributed by atoms with van der Waals surface area (Å²) in [6.07, 6.45) is -0.371. The number of amides is 2. The SMILES string of the molecule is C[C@@H]1Oc2ccccc2N(CCC(=O)N[C@@H](C)c2nc3ccccc3[nH]2)C1=O. The van der Waals surface area contributed by atoms with Crippen LogP contribution in [0.25, 0.3) is 11.0 Å². The van der Waals surface area contributed by atoms with Gasteiger partial charge < -0.3 is 19.9 Å². The second-order valence-electron chi connectivity index (χ2n) is 6.90. The van der Waals surface area contributed by atoms with Crippen molar-refractivity contribution >= 4 is 28.5 Å². The zero-order valence-electron chi connectivity index (χ0n) is 15.8. The highest BCUT2D eigenvalue weighted by Gasteiger charge is 2.31. The van der Waals surface area contributed by atoms with E-state index in [4.69, 9.17) is 4.74 Å². The molecule has 0 radical (unpaired) electrons. The number of carbonyl (C=O) groups excluding carboxylic acids is 2. The van der Waals surface area contributed by atoms with E-state index in [0.29, 0.717) is 23.8 Å². The molecule has 0 spiro atoms. The number of benzene rings is 2. The Hall–Kier alpha value is -3.35. The summed E-state index contributed by atoms with van der Waals surface area (Å²) in [6.45, 7) is 3.89. The largest absolute Gasteiger partial charge is 0.479 e. The molecule has 0 saturated heterocycles. The zero-order chi connectivity index (χ0) is 19.7. The number of anilines is 1. The molecular weight excluding hydrogens is 356 g/mol. The van der Waals surface area contributed by atoms with Crippen molar-refractivity contribution in [3.8, 4) is 5.75 Å². The highest BCUT2D eigenvalue weighted by molar-refractivity contribution is 6.00. The molecule has 0 unspecified atom stereocenters. The lowest BCUT2D eigenvalue weighted by Crippen LogP contribution is -2.45. The first kappa shape index (κ1) is 18.0. The molecule has 2 amide bonds. The van der Waals surface area contributed by atoms with Crippen molar-refractivity contribution in [1.82, 2.24) is 15.3 Å². The summed E-state index contributed by atoms with van der Waals surface area (Å²) >= 11 is 0. The maximum atomic E-state index is 12.5. The number of fused-ring (bicyclic) bond motifs is 2. The van der Waals surface area contributed by atoms with E-state index in [1.807, 2.05) is 55.5 Å². The van der Waals surface area contributed by atoms with E-state index in [1.165, 1.54) is 0 Å². The van der Waals surface area contributed by atoms with Gasteiger partial charge in [-0.05, 0) is 38.1 Å². The Morgan fingerprint density at radius 3 is 2.82 bits per heavy atom. The van der Waals surface area contributed by atoms with E-state index < -0.39 is 6.10 Å². The Balaban J connectivity index is 1.41. The number of aromatic nitrogens is 2. The minimum absolute atomic E-state index is 0.141. The van der Waals surface area contributed by atoms with Crippen molar-refractivity contribution in [3.05, 3.63) is 54.4 Å². The van der Waals surface area contributed by atoms with E-state index in [-0.39, 0.29) is 24.3 Å². The van der Waals surface area contributed by atoms with Gasteiger partial charge in [0.15, 0.2) is 6.10 Å². The molecule has 28 heavy (non-hydrogen) atoms. The molecule has 0 saturated carbocycles. The average Bonchev–Trinajstić information content (AvgIpc) is 3.13. The lowest BCUT2D eigenvalue weighted by Gasteiger charge is -2.32. The molecular formula is C21H22N4O3. The van der Waals surface area contributed by atoms with Gasteiger partial charge in [-0.25, -0.2) is 4.98 Å². The Labute approximate surface area is 162 Å². The summed E-state index contributed by atoms with van der Waals surface area (Å²) in [5.41, 5.74) is 2.50. The van der Waals surface area contributed by atoms with Crippen LogP contribution < -0.4 is 15.0 Å². The summed E-state index contributed by atoms with van der Waals surface area (Å²) in [4.78, 5) is 34.3. The maximum absolute atomic E-state index is 12.5. The highest BCUT2D eigenvalue weighted by atomic mass is 16.5. The molecule has 144 valence electrons. The van der Waals surface area contributed by atoms with Crippen molar-refractivity contribution in [2.45, 2.75) is 32.4 Å². The number of carbonyl (C=O) groups is 2. The standard InChI is InChI=1S/C21H22N4O3/c1-13(20-23-15-7-3-4-8-16(15)24-20)22-19(26)11-12-25-17-9-5-6-10-18(17)28-14(2)21(25)27/h3-10,13-14H,11-12H2,1-2H3,(H,22,26)(H,23,24)/t13-,14-/m0/s1. The number of hydrogen-bond acceptors (Lipinski definition) is 4. The van der Waals surface area contributed by atoms with E-state index in [1.54, 1.807) is 11.8 Å². The number of H-pyrrole nitrogens is 1. The molecule has 2 N–H and O–H groups in total. The summed E-state index contributed by atoms with van der Waals surface area (Å²) in [7, 11) is 0. The van der Waals surface area contributed by atoms with Gasteiger partial charge in [-0.15, -0.1) is 0 Å². The number of aromatic amines is 1. The minimum Gasteiger partial charge on any atom is -0.479 e. The van der Waals surface area contributed by atoms with Crippen LogP contribution in [0.2, 0.25) is 0 Å². The van der Waals surface area contributed by atoms with Crippen LogP contribution in [0.1, 0.15) is 32.1 Å². The van der Waals surface area contributed by atoms with Crippen molar-refractivity contribution in [1.29, 1.82) is 0 Å². The second-order valence-corrected chi connectivity index (χ2v) is 6.90. The van der Waals surface area contributed by atoms with E-state index in [2.05, 4.69) is 15.3 Å². The van der Waals surface area contributed by atoms with Crippen LogP contribution in [0.5, 0.6) is 5.75 Å². The van der Waals surface area contributed by atoms with E-state index in [9.17, 15) is 9.59 Å². The van der Waals surface area contributed by atoms with E-state index in [0.717, 1.165) is 11.0 Å². The van der Waals surface area contributed by atoms with Crippen LogP contribution in [0.15, 0.2) is 48.5 Å².